The number of anilines is 1. The van der Waals surface area contributed by atoms with Crippen molar-refractivity contribution in [2.45, 2.75) is 13.8 Å². The van der Waals surface area contributed by atoms with Gasteiger partial charge in [0.15, 0.2) is 0 Å². The van der Waals surface area contributed by atoms with E-state index in [4.69, 9.17) is 0 Å². The highest BCUT2D eigenvalue weighted by atomic mass is 16.3. The third kappa shape index (κ3) is 3.55. The Hall–Kier alpha value is -3.93. The number of rotatable bonds is 5. The molecule has 0 amide bonds. The van der Waals surface area contributed by atoms with Gasteiger partial charge in [-0.3, -0.25) is 9.80 Å². The maximum Gasteiger partial charge on any atom is 0.267 e. The fourth-order valence-electron chi connectivity index (χ4n) is 3.36. The van der Waals surface area contributed by atoms with Gasteiger partial charge in [-0.15, -0.1) is 0 Å². The Morgan fingerprint density at radius 2 is 1.73 bits per heavy atom. The van der Waals surface area contributed by atoms with Gasteiger partial charge in [-0.2, -0.15) is 5.10 Å². The molecule has 6 nitrogen and oxygen atoms in total. The third-order valence-corrected chi connectivity index (χ3v) is 4.94. The SMILES string of the molecule is CCN(/N=C/c1c(O)n(-c2ccccn2)c(=O)c2ccccc12)c1ccc(C)cc1. The van der Waals surface area contributed by atoms with E-state index < -0.39 is 0 Å². The van der Waals surface area contributed by atoms with Gasteiger partial charge >= 0.3 is 0 Å². The molecule has 0 fully saturated rings. The first-order valence-corrected chi connectivity index (χ1v) is 9.76. The highest BCUT2D eigenvalue weighted by Crippen LogP contribution is 2.25. The molecule has 1 N–H and O–H groups in total. The van der Waals surface area contributed by atoms with Crippen LogP contribution < -0.4 is 10.6 Å². The van der Waals surface area contributed by atoms with Crippen LogP contribution in [0.4, 0.5) is 5.69 Å². The van der Waals surface area contributed by atoms with Crippen LogP contribution in [-0.2, 0) is 0 Å². The largest absolute Gasteiger partial charge is 0.494 e. The second-order valence-electron chi connectivity index (χ2n) is 6.91. The van der Waals surface area contributed by atoms with Crippen LogP contribution in [0.1, 0.15) is 18.1 Å². The maximum atomic E-state index is 13.1. The summed E-state index contributed by atoms with van der Waals surface area (Å²) in [4.78, 5) is 17.3. The maximum absolute atomic E-state index is 13.1. The minimum atomic E-state index is -0.329. The van der Waals surface area contributed by atoms with E-state index in [0.717, 1.165) is 5.69 Å². The van der Waals surface area contributed by atoms with E-state index in [1.54, 1.807) is 42.7 Å². The van der Waals surface area contributed by atoms with Crippen LogP contribution in [0.2, 0.25) is 0 Å². The van der Waals surface area contributed by atoms with Crippen LogP contribution in [-0.4, -0.2) is 27.4 Å². The van der Waals surface area contributed by atoms with Crippen molar-refractivity contribution >= 4 is 22.7 Å². The number of benzene rings is 2. The summed E-state index contributed by atoms with van der Waals surface area (Å²) in [6, 6.07) is 20.5. The smallest absolute Gasteiger partial charge is 0.267 e. The molecule has 0 saturated carbocycles. The minimum absolute atomic E-state index is 0.193. The van der Waals surface area contributed by atoms with Crippen LogP contribution in [0.25, 0.3) is 16.6 Å². The van der Waals surface area contributed by atoms with E-state index in [-0.39, 0.29) is 11.4 Å². The summed E-state index contributed by atoms with van der Waals surface area (Å²) < 4.78 is 1.21. The lowest BCUT2D eigenvalue weighted by molar-refractivity contribution is 0.435. The number of aryl methyl sites for hydroxylation is 1. The number of nitrogens with zero attached hydrogens (tertiary/aromatic N) is 4. The molecule has 4 aromatic rings. The molecule has 2 heterocycles. The lowest BCUT2D eigenvalue weighted by atomic mass is 10.1. The summed E-state index contributed by atoms with van der Waals surface area (Å²) in [6.45, 7) is 4.69. The zero-order valence-corrected chi connectivity index (χ0v) is 16.9. The van der Waals surface area contributed by atoms with Gasteiger partial charge in [0.2, 0.25) is 5.88 Å². The summed E-state index contributed by atoms with van der Waals surface area (Å²) in [5.41, 5.74) is 2.25. The lowest BCUT2D eigenvalue weighted by Gasteiger charge is -2.18. The van der Waals surface area contributed by atoms with Crippen molar-refractivity contribution in [2.24, 2.45) is 5.10 Å². The van der Waals surface area contributed by atoms with Crippen molar-refractivity contribution in [3.63, 3.8) is 0 Å². The van der Waals surface area contributed by atoms with Crippen molar-refractivity contribution in [2.75, 3.05) is 11.6 Å². The van der Waals surface area contributed by atoms with Gasteiger partial charge < -0.3 is 5.11 Å². The van der Waals surface area contributed by atoms with Gasteiger partial charge in [-0.05, 0) is 44.2 Å². The zero-order chi connectivity index (χ0) is 21.1. The molecule has 0 saturated heterocycles. The quantitative estimate of drug-likeness (QED) is 0.403. The number of hydrogen-bond donors (Lipinski definition) is 1. The van der Waals surface area contributed by atoms with E-state index >= 15 is 0 Å². The normalized spacial score (nSPS) is 11.3. The second-order valence-corrected chi connectivity index (χ2v) is 6.91. The van der Waals surface area contributed by atoms with Crippen LogP contribution in [0.5, 0.6) is 5.88 Å². The number of hydrazone groups is 1. The number of hydrogen-bond acceptors (Lipinski definition) is 5. The first kappa shape index (κ1) is 19.4. The third-order valence-electron chi connectivity index (χ3n) is 4.94. The Balaban J connectivity index is 1.89. The van der Waals surface area contributed by atoms with Crippen molar-refractivity contribution < 1.29 is 5.11 Å². The highest BCUT2D eigenvalue weighted by Gasteiger charge is 2.17. The standard InChI is InChI=1S/C24H22N4O2/c1-3-27(18-13-11-17(2)12-14-18)26-16-21-19-8-4-5-9-20(19)23(29)28(24(21)30)22-10-6-7-15-25-22/h4-16,30H,3H2,1-2H3/b26-16+. The van der Waals surface area contributed by atoms with Crippen LogP contribution >= 0.6 is 0 Å². The van der Waals surface area contributed by atoms with Crippen molar-refractivity contribution in [3.05, 3.63) is 94.4 Å². The molecule has 150 valence electrons. The van der Waals surface area contributed by atoms with E-state index in [1.807, 2.05) is 55.3 Å². The summed E-state index contributed by atoms with van der Waals surface area (Å²) >= 11 is 0. The molecule has 0 unspecified atom stereocenters. The Morgan fingerprint density at radius 1 is 1.03 bits per heavy atom. The summed E-state index contributed by atoms with van der Waals surface area (Å²) in [7, 11) is 0. The molecule has 0 aliphatic rings. The van der Waals surface area contributed by atoms with Gasteiger partial charge in [0.05, 0.1) is 17.5 Å². The molecule has 2 aromatic heterocycles. The van der Waals surface area contributed by atoms with Gasteiger partial charge in [0.1, 0.15) is 5.82 Å². The number of aromatic nitrogens is 2. The van der Waals surface area contributed by atoms with Gasteiger partial charge in [0.25, 0.3) is 5.56 Å². The molecule has 2 aromatic carbocycles. The predicted octanol–water partition coefficient (Wildman–Crippen LogP) is 4.26. The fourth-order valence-corrected chi connectivity index (χ4v) is 3.36. The van der Waals surface area contributed by atoms with Gasteiger partial charge in [-0.25, -0.2) is 9.55 Å². The van der Waals surface area contributed by atoms with Crippen LogP contribution in [0.3, 0.4) is 0 Å². The van der Waals surface area contributed by atoms with Crippen LogP contribution in [0.15, 0.2) is 82.8 Å². The number of pyridine rings is 2. The lowest BCUT2D eigenvalue weighted by Crippen LogP contribution is -2.21. The van der Waals surface area contributed by atoms with Crippen molar-refractivity contribution in [1.82, 2.24) is 9.55 Å². The molecule has 4 rings (SSSR count). The molecular weight excluding hydrogens is 376 g/mol. The average Bonchev–Trinajstić information content (AvgIpc) is 2.78. The van der Waals surface area contributed by atoms with E-state index in [1.165, 1.54) is 10.1 Å². The first-order valence-electron chi connectivity index (χ1n) is 9.76. The topological polar surface area (TPSA) is 70.7 Å². The molecule has 6 heteroatoms. The molecular formula is C24H22N4O2. The van der Waals surface area contributed by atoms with E-state index in [0.29, 0.717) is 28.7 Å². The molecule has 0 aliphatic heterocycles. The summed E-state index contributed by atoms with van der Waals surface area (Å²) in [6.07, 6.45) is 3.18. The van der Waals surface area contributed by atoms with E-state index in [2.05, 4.69) is 10.1 Å². The van der Waals surface area contributed by atoms with Gasteiger partial charge in [0, 0.05) is 23.5 Å². The summed E-state index contributed by atoms with van der Waals surface area (Å²) in [5, 5.41) is 18.6. The Kier molecular flexibility index (Phi) is 5.30. The second kappa shape index (κ2) is 8.21. The molecule has 0 spiro atoms. The average molecular weight is 398 g/mol. The van der Waals surface area contributed by atoms with Gasteiger partial charge in [-0.1, -0.05) is 42.0 Å². The molecule has 0 bridgehead atoms. The Bertz CT molecular complexity index is 1260. The zero-order valence-electron chi connectivity index (χ0n) is 16.9. The Morgan fingerprint density at radius 3 is 2.40 bits per heavy atom. The monoisotopic (exact) mass is 398 g/mol. The Labute approximate surface area is 174 Å². The summed E-state index contributed by atoms with van der Waals surface area (Å²) in [5.74, 6) is 0.160. The first-order chi connectivity index (χ1) is 14.6. The molecule has 0 aliphatic carbocycles. The van der Waals surface area contributed by atoms with Crippen molar-refractivity contribution in [1.29, 1.82) is 0 Å². The predicted molar refractivity (Wildman–Crippen MR) is 121 cm³/mol. The van der Waals surface area contributed by atoms with Crippen molar-refractivity contribution in [3.8, 4) is 11.7 Å². The number of aromatic hydroxyl groups is 1. The van der Waals surface area contributed by atoms with E-state index in [9.17, 15) is 9.90 Å². The molecule has 0 atom stereocenters. The number of fused-ring (bicyclic) bond motifs is 1. The molecule has 0 radical (unpaired) electrons. The highest BCUT2D eigenvalue weighted by molar-refractivity contribution is 6.01. The fraction of sp³-hybridized carbons (Fsp3) is 0.125. The van der Waals surface area contributed by atoms with Crippen LogP contribution in [0, 0.1) is 6.92 Å². The minimum Gasteiger partial charge on any atom is -0.494 e. The molecule has 30 heavy (non-hydrogen) atoms.